The highest BCUT2D eigenvalue weighted by molar-refractivity contribution is 6.60. The predicted molar refractivity (Wildman–Crippen MR) is 89.6 cm³/mol. The van der Waals surface area contributed by atoms with Gasteiger partial charge in [-0.15, -0.1) is 0 Å². The van der Waals surface area contributed by atoms with Crippen LogP contribution < -0.4 is 0 Å². The van der Waals surface area contributed by atoms with Crippen LogP contribution in [0.1, 0.15) is 66.7 Å². The standard InChI is InChI=1S/C16H36O4Si/c1-6-17-16(5)14-12-10-11-13-15-21(18-7-2,19-8-3)20-9-4/h16H,6-15H2,1-5H3. The Kier molecular flexibility index (Phi) is 13.7. The first-order valence-electron chi connectivity index (χ1n) is 8.67. The van der Waals surface area contributed by atoms with Crippen LogP contribution in [0.5, 0.6) is 0 Å². The molecule has 0 N–H and O–H groups in total. The highest BCUT2D eigenvalue weighted by Crippen LogP contribution is 2.20. The topological polar surface area (TPSA) is 36.9 Å². The smallest absolute Gasteiger partial charge is 0.379 e. The van der Waals surface area contributed by atoms with E-state index in [4.69, 9.17) is 18.0 Å². The van der Waals surface area contributed by atoms with Gasteiger partial charge >= 0.3 is 8.80 Å². The van der Waals surface area contributed by atoms with Gasteiger partial charge in [-0.05, 0) is 47.5 Å². The molecule has 0 fully saturated rings. The zero-order chi connectivity index (χ0) is 16.0. The number of ether oxygens (including phenoxy) is 1. The third-order valence-electron chi connectivity index (χ3n) is 3.39. The van der Waals surface area contributed by atoms with Gasteiger partial charge in [0, 0.05) is 32.5 Å². The fourth-order valence-corrected chi connectivity index (χ4v) is 5.18. The minimum atomic E-state index is -2.41. The lowest BCUT2D eigenvalue weighted by atomic mass is 10.1. The first-order valence-corrected chi connectivity index (χ1v) is 10.6. The van der Waals surface area contributed by atoms with E-state index >= 15 is 0 Å². The molecule has 0 amide bonds. The van der Waals surface area contributed by atoms with Crippen molar-refractivity contribution < 1.29 is 18.0 Å². The summed E-state index contributed by atoms with van der Waals surface area (Å²) in [4.78, 5) is 0. The third kappa shape index (κ3) is 10.4. The lowest BCUT2D eigenvalue weighted by Crippen LogP contribution is -2.45. The first-order chi connectivity index (χ1) is 10.1. The summed E-state index contributed by atoms with van der Waals surface area (Å²) >= 11 is 0. The average molecular weight is 321 g/mol. The molecule has 0 aliphatic heterocycles. The van der Waals surface area contributed by atoms with Crippen molar-refractivity contribution in [2.24, 2.45) is 0 Å². The van der Waals surface area contributed by atoms with Gasteiger partial charge in [0.15, 0.2) is 0 Å². The number of hydrogen-bond donors (Lipinski definition) is 0. The molecule has 0 aromatic carbocycles. The second-order valence-electron chi connectivity index (χ2n) is 5.20. The molecule has 0 heterocycles. The van der Waals surface area contributed by atoms with Crippen molar-refractivity contribution in [2.45, 2.75) is 78.9 Å². The average Bonchev–Trinajstić information content (AvgIpc) is 2.44. The largest absolute Gasteiger partial charge is 0.500 e. The SMILES string of the molecule is CCOC(C)CCCCCC[Si](OCC)(OCC)OCC. The van der Waals surface area contributed by atoms with E-state index in [1.54, 1.807) is 0 Å². The van der Waals surface area contributed by atoms with Gasteiger partial charge in [0.25, 0.3) is 0 Å². The van der Waals surface area contributed by atoms with Crippen molar-refractivity contribution in [1.82, 2.24) is 0 Å². The van der Waals surface area contributed by atoms with Gasteiger partial charge < -0.3 is 18.0 Å². The minimum Gasteiger partial charge on any atom is -0.379 e. The van der Waals surface area contributed by atoms with Crippen molar-refractivity contribution in [3.8, 4) is 0 Å². The summed E-state index contributed by atoms with van der Waals surface area (Å²) in [5.74, 6) is 0. The summed E-state index contributed by atoms with van der Waals surface area (Å²) in [7, 11) is -2.41. The molecule has 0 aliphatic carbocycles. The van der Waals surface area contributed by atoms with Crippen LogP contribution in [-0.4, -0.2) is 41.3 Å². The van der Waals surface area contributed by atoms with E-state index < -0.39 is 8.80 Å². The Morgan fingerprint density at radius 3 is 1.71 bits per heavy atom. The van der Waals surface area contributed by atoms with Crippen LogP contribution in [0.3, 0.4) is 0 Å². The van der Waals surface area contributed by atoms with E-state index in [2.05, 4.69) is 13.8 Å². The molecule has 0 saturated heterocycles. The molecule has 21 heavy (non-hydrogen) atoms. The fraction of sp³-hybridized carbons (Fsp3) is 1.00. The Bertz CT molecular complexity index is 209. The maximum atomic E-state index is 5.86. The number of hydrogen-bond acceptors (Lipinski definition) is 4. The van der Waals surface area contributed by atoms with Gasteiger partial charge in [0.2, 0.25) is 0 Å². The second-order valence-corrected chi connectivity index (χ2v) is 7.93. The van der Waals surface area contributed by atoms with Crippen molar-refractivity contribution in [3.05, 3.63) is 0 Å². The van der Waals surface area contributed by atoms with Gasteiger partial charge in [0.05, 0.1) is 6.10 Å². The first kappa shape index (κ1) is 21.1. The molecule has 0 rings (SSSR count). The molecule has 1 unspecified atom stereocenters. The quantitative estimate of drug-likeness (QED) is 0.331. The summed E-state index contributed by atoms with van der Waals surface area (Å²) in [6.07, 6.45) is 6.34. The zero-order valence-electron chi connectivity index (χ0n) is 14.8. The van der Waals surface area contributed by atoms with Crippen LogP contribution in [0.15, 0.2) is 0 Å². The highest BCUT2D eigenvalue weighted by atomic mass is 28.4. The van der Waals surface area contributed by atoms with Gasteiger partial charge in [-0.3, -0.25) is 0 Å². The molecule has 0 radical (unpaired) electrons. The summed E-state index contributed by atoms with van der Waals surface area (Å²) in [5, 5.41) is 0. The lowest BCUT2D eigenvalue weighted by molar-refractivity contribution is 0.0671. The zero-order valence-corrected chi connectivity index (χ0v) is 15.8. The molecule has 1 atom stereocenters. The van der Waals surface area contributed by atoms with Crippen molar-refractivity contribution >= 4 is 8.80 Å². The van der Waals surface area contributed by atoms with E-state index in [0.717, 1.165) is 25.5 Å². The van der Waals surface area contributed by atoms with Crippen LogP contribution in [0.25, 0.3) is 0 Å². The molecule has 128 valence electrons. The summed E-state index contributed by atoms with van der Waals surface area (Å²) in [6.45, 7) is 13.0. The molecular formula is C16H36O4Si. The molecular weight excluding hydrogens is 284 g/mol. The van der Waals surface area contributed by atoms with Gasteiger partial charge in [-0.2, -0.15) is 0 Å². The molecule has 4 nitrogen and oxygen atoms in total. The van der Waals surface area contributed by atoms with Crippen LogP contribution in [0.4, 0.5) is 0 Å². The van der Waals surface area contributed by atoms with Crippen LogP contribution in [-0.2, 0) is 18.0 Å². The highest BCUT2D eigenvalue weighted by Gasteiger charge is 2.39. The van der Waals surface area contributed by atoms with E-state index in [1.165, 1.54) is 19.3 Å². The van der Waals surface area contributed by atoms with E-state index in [9.17, 15) is 0 Å². The molecule has 0 spiro atoms. The van der Waals surface area contributed by atoms with Gasteiger partial charge in [-0.25, -0.2) is 0 Å². The lowest BCUT2D eigenvalue weighted by Gasteiger charge is -2.28. The number of unbranched alkanes of at least 4 members (excludes halogenated alkanes) is 3. The van der Waals surface area contributed by atoms with E-state index in [1.807, 2.05) is 20.8 Å². The summed E-state index contributed by atoms with van der Waals surface area (Å²) in [6, 6.07) is 0.934. The Labute approximate surface area is 132 Å². The maximum absolute atomic E-state index is 5.86. The Balaban J connectivity index is 3.91. The normalized spacial score (nSPS) is 13.6. The predicted octanol–water partition coefficient (Wildman–Crippen LogP) is 4.41. The monoisotopic (exact) mass is 320 g/mol. The molecule has 5 heteroatoms. The molecule has 0 bridgehead atoms. The van der Waals surface area contributed by atoms with Crippen LogP contribution in [0.2, 0.25) is 6.04 Å². The Hall–Kier alpha value is 0.0569. The van der Waals surface area contributed by atoms with Gasteiger partial charge in [0.1, 0.15) is 0 Å². The Morgan fingerprint density at radius 2 is 1.24 bits per heavy atom. The van der Waals surface area contributed by atoms with Crippen molar-refractivity contribution in [3.63, 3.8) is 0 Å². The number of rotatable bonds is 15. The minimum absolute atomic E-state index is 0.388. The third-order valence-corrected chi connectivity index (χ3v) is 6.54. The van der Waals surface area contributed by atoms with E-state index in [0.29, 0.717) is 25.9 Å². The maximum Gasteiger partial charge on any atom is 0.500 e. The fourth-order valence-electron chi connectivity index (χ4n) is 2.50. The van der Waals surface area contributed by atoms with Crippen molar-refractivity contribution in [1.29, 1.82) is 0 Å². The van der Waals surface area contributed by atoms with Gasteiger partial charge in [-0.1, -0.05) is 19.3 Å². The summed E-state index contributed by atoms with van der Waals surface area (Å²) < 4.78 is 23.1. The van der Waals surface area contributed by atoms with E-state index in [-0.39, 0.29) is 0 Å². The van der Waals surface area contributed by atoms with Crippen LogP contribution >= 0.6 is 0 Å². The van der Waals surface area contributed by atoms with Crippen LogP contribution in [0, 0.1) is 0 Å². The van der Waals surface area contributed by atoms with Crippen molar-refractivity contribution in [2.75, 3.05) is 26.4 Å². The molecule has 0 aromatic heterocycles. The second kappa shape index (κ2) is 13.7. The molecule has 0 saturated carbocycles. The Morgan fingerprint density at radius 1 is 0.714 bits per heavy atom. The molecule has 0 aromatic rings. The molecule has 0 aliphatic rings. The summed E-state index contributed by atoms with van der Waals surface area (Å²) in [5.41, 5.74) is 0.